The lowest BCUT2D eigenvalue weighted by atomic mass is 10.1. The van der Waals surface area contributed by atoms with E-state index in [4.69, 9.17) is 0 Å². The Kier molecular flexibility index (Phi) is 8.98. The average Bonchev–Trinajstić information content (AvgIpc) is 2.53. The number of anilines is 1. The summed E-state index contributed by atoms with van der Waals surface area (Å²) in [5.41, 5.74) is -0.0917. The minimum Gasteiger partial charge on any atom is -0.478 e. The normalized spacial score (nSPS) is 10.3. The number of methoxy groups -OCH3 is 1. The van der Waals surface area contributed by atoms with Crippen molar-refractivity contribution in [2.45, 2.75) is 19.3 Å². The minimum atomic E-state index is -1.27. The summed E-state index contributed by atoms with van der Waals surface area (Å²) < 4.78 is 5.17. The third-order valence-electron chi connectivity index (χ3n) is 3.43. The first-order chi connectivity index (χ1) is 12.0. The number of ether oxygens (including phenoxy) is 1. The van der Waals surface area contributed by atoms with Gasteiger partial charge in [-0.2, -0.15) is 0 Å². The number of carboxylic acid groups (broad SMARTS) is 2. The Morgan fingerprint density at radius 3 is 1.77 bits per heavy atom. The first kappa shape index (κ1) is 23.3. The molecule has 11 heteroatoms. The van der Waals surface area contributed by atoms with Gasteiger partial charge in [0.2, 0.25) is 5.91 Å². The number of rotatable bonds is 7. The van der Waals surface area contributed by atoms with Crippen LogP contribution < -0.4 is 4.90 Å². The third-order valence-corrected chi connectivity index (χ3v) is 6.61. The van der Waals surface area contributed by atoms with Gasteiger partial charge in [-0.05, 0) is 74.2 Å². The first-order valence-corrected chi connectivity index (χ1v) is 10.3. The Hall–Kier alpha value is -0.710. The summed E-state index contributed by atoms with van der Waals surface area (Å²) in [6, 6.07) is 0. The molecule has 0 fully saturated rings. The zero-order valence-electron chi connectivity index (χ0n) is 13.6. The number of benzene rings is 1. The Morgan fingerprint density at radius 2 is 1.38 bits per heavy atom. The number of aromatic carboxylic acids is 2. The quantitative estimate of drug-likeness (QED) is 0.331. The molecule has 2 N–H and O–H groups in total. The lowest BCUT2D eigenvalue weighted by Crippen LogP contribution is -2.29. The van der Waals surface area contributed by atoms with Crippen LogP contribution in [0.2, 0.25) is 0 Å². The van der Waals surface area contributed by atoms with E-state index < -0.39 is 17.9 Å². The maximum Gasteiger partial charge on any atom is 0.337 e. The van der Waals surface area contributed by atoms with Gasteiger partial charge in [0.1, 0.15) is 0 Å². The molecule has 8 nitrogen and oxygen atoms in total. The smallest absolute Gasteiger partial charge is 0.337 e. The SMILES string of the molecule is COC(=O)CCCC(=O)N(C)c1c(I)c(C(=O)O)c(I)c(C(=O)O)c1I. The Balaban J connectivity index is 3.34. The van der Waals surface area contributed by atoms with Crippen LogP contribution in [0.3, 0.4) is 0 Å². The van der Waals surface area contributed by atoms with Crippen molar-refractivity contribution in [2.24, 2.45) is 0 Å². The topological polar surface area (TPSA) is 121 Å². The fraction of sp³-hybridized carbons (Fsp3) is 0.333. The Bertz CT molecular complexity index is 738. The standard InChI is InChI=1S/C15H14I3NO7/c1-19(6(20)4-3-5-7(21)26-2)13-11(17)8(14(22)23)10(16)9(12(13)18)15(24)25/h3-5H2,1-2H3,(H,22,23)(H,24,25). The van der Waals surface area contributed by atoms with E-state index in [0.717, 1.165) is 0 Å². The maximum atomic E-state index is 12.4. The van der Waals surface area contributed by atoms with E-state index in [1.54, 1.807) is 67.8 Å². The third kappa shape index (κ3) is 5.17. The van der Waals surface area contributed by atoms with E-state index in [1.807, 2.05) is 0 Å². The highest BCUT2D eigenvalue weighted by molar-refractivity contribution is 14.1. The van der Waals surface area contributed by atoms with Gasteiger partial charge in [-0.25, -0.2) is 9.59 Å². The zero-order chi connectivity index (χ0) is 20.2. The molecule has 1 aromatic carbocycles. The van der Waals surface area contributed by atoms with Crippen molar-refractivity contribution in [2.75, 3.05) is 19.1 Å². The average molecular weight is 701 g/mol. The number of carbonyl (C=O) groups excluding carboxylic acids is 2. The second-order valence-electron chi connectivity index (χ2n) is 5.03. The number of carboxylic acids is 2. The predicted octanol–water partition coefficient (Wildman–Crippen LogP) is 3.20. The maximum absolute atomic E-state index is 12.4. The minimum absolute atomic E-state index is 0.0363. The number of hydrogen-bond acceptors (Lipinski definition) is 5. The molecule has 0 saturated carbocycles. The van der Waals surface area contributed by atoms with Gasteiger partial charge >= 0.3 is 17.9 Å². The van der Waals surface area contributed by atoms with E-state index in [1.165, 1.54) is 19.1 Å². The molecular formula is C15H14I3NO7. The van der Waals surface area contributed by atoms with E-state index in [0.29, 0.717) is 0 Å². The van der Waals surface area contributed by atoms with Gasteiger partial charge in [-0.1, -0.05) is 0 Å². The molecule has 1 amide bonds. The van der Waals surface area contributed by atoms with Crippen LogP contribution in [0.5, 0.6) is 0 Å². The van der Waals surface area contributed by atoms with Crippen LogP contribution in [0.25, 0.3) is 0 Å². The molecule has 0 saturated heterocycles. The number of carbonyl (C=O) groups is 4. The summed E-state index contributed by atoms with van der Waals surface area (Å²) in [6.45, 7) is 0. The van der Waals surface area contributed by atoms with Crippen LogP contribution in [-0.4, -0.2) is 48.2 Å². The number of esters is 1. The number of hydrogen-bond donors (Lipinski definition) is 2. The van der Waals surface area contributed by atoms with E-state index in [9.17, 15) is 29.4 Å². The summed E-state index contributed by atoms with van der Waals surface area (Å²) in [5, 5.41) is 18.9. The monoisotopic (exact) mass is 701 g/mol. The van der Waals surface area contributed by atoms with Crippen LogP contribution in [0.4, 0.5) is 5.69 Å². The Labute approximate surface area is 190 Å². The van der Waals surface area contributed by atoms with Gasteiger partial charge in [0.05, 0.1) is 31.1 Å². The Morgan fingerprint density at radius 1 is 0.923 bits per heavy atom. The summed E-state index contributed by atoms with van der Waals surface area (Å²) in [4.78, 5) is 48.0. The van der Waals surface area contributed by atoms with Crippen LogP contribution >= 0.6 is 67.8 Å². The molecule has 0 radical (unpaired) electrons. The molecule has 0 aliphatic carbocycles. The summed E-state index contributed by atoms with van der Waals surface area (Å²) in [6.07, 6.45) is 0.386. The molecule has 0 heterocycles. The molecule has 1 aromatic rings. The fourth-order valence-electron chi connectivity index (χ4n) is 2.10. The first-order valence-electron chi connectivity index (χ1n) is 7.04. The molecule has 26 heavy (non-hydrogen) atoms. The summed E-state index contributed by atoms with van der Waals surface area (Å²) >= 11 is 5.29. The molecule has 0 bridgehead atoms. The second-order valence-corrected chi connectivity index (χ2v) is 8.27. The molecule has 0 unspecified atom stereocenters. The van der Waals surface area contributed by atoms with Crippen LogP contribution in [-0.2, 0) is 14.3 Å². The lowest BCUT2D eigenvalue weighted by Gasteiger charge is -2.23. The van der Waals surface area contributed by atoms with Gasteiger partial charge in [-0.3, -0.25) is 9.59 Å². The molecular weight excluding hydrogens is 687 g/mol. The highest BCUT2D eigenvalue weighted by Crippen LogP contribution is 2.37. The molecule has 0 aromatic heterocycles. The largest absolute Gasteiger partial charge is 0.478 e. The molecule has 0 spiro atoms. The fourth-order valence-corrected chi connectivity index (χ4v) is 6.91. The van der Waals surface area contributed by atoms with Crippen LogP contribution in [0.15, 0.2) is 0 Å². The molecule has 142 valence electrons. The van der Waals surface area contributed by atoms with Crippen molar-refractivity contribution in [3.05, 3.63) is 21.8 Å². The second kappa shape index (κ2) is 10.0. The van der Waals surface area contributed by atoms with E-state index in [2.05, 4.69) is 4.74 Å². The van der Waals surface area contributed by atoms with Gasteiger partial charge < -0.3 is 19.8 Å². The lowest BCUT2D eigenvalue weighted by molar-refractivity contribution is -0.140. The van der Waals surface area contributed by atoms with Crippen molar-refractivity contribution in [1.82, 2.24) is 0 Å². The highest BCUT2D eigenvalue weighted by Gasteiger charge is 2.30. The molecule has 0 atom stereocenters. The molecule has 0 aliphatic heterocycles. The number of amides is 1. The van der Waals surface area contributed by atoms with E-state index in [-0.39, 0.29) is 52.7 Å². The van der Waals surface area contributed by atoms with Crippen molar-refractivity contribution in [3.8, 4) is 0 Å². The highest BCUT2D eigenvalue weighted by atomic mass is 127. The summed E-state index contributed by atoms with van der Waals surface area (Å²) in [7, 11) is 2.71. The van der Waals surface area contributed by atoms with E-state index >= 15 is 0 Å². The van der Waals surface area contributed by atoms with Crippen LogP contribution in [0, 0.1) is 10.7 Å². The van der Waals surface area contributed by atoms with Crippen molar-refractivity contribution < 1.29 is 34.1 Å². The van der Waals surface area contributed by atoms with Crippen molar-refractivity contribution >= 4 is 97.3 Å². The number of nitrogens with zero attached hydrogens (tertiary/aromatic N) is 1. The zero-order valence-corrected chi connectivity index (χ0v) is 20.1. The molecule has 0 aliphatic rings. The predicted molar refractivity (Wildman–Crippen MR) is 118 cm³/mol. The van der Waals surface area contributed by atoms with Crippen LogP contribution in [0.1, 0.15) is 40.0 Å². The molecule has 1 rings (SSSR count). The number of halogens is 3. The van der Waals surface area contributed by atoms with Gasteiger partial charge in [-0.15, -0.1) is 0 Å². The van der Waals surface area contributed by atoms with Gasteiger partial charge in [0.15, 0.2) is 0 Å². The van der Waals surface area contributed by atoms with Crippen molar-refractivity contribution in [1.29, 1.82) is 0 Å². The van der Waals surface area contributed by atoms with Gasteiger partial charge in [0, 0.05) is 23.5 Å². The van der Waals surface area contributed by atoms with Gasteiger partial charge in [0.25, 0.3) is 0 Å². The van der Waals surface area contributed by atoms with Crippen molar-refractivity contribution in [3.63, 3.8) is 0 Å². The summed E-state index contributed by atoms with van der Waals surface area (Å²) in [5.74, 6) is -3.34.